The van der Waals surface area contributed by atoms with E-state index < -0.39 is 0 Å². The topological polar surface area (TPSA) is 30.2 Å². The van der Waals surface area contributed by atoms with Crippen LogP contribution in [0.1, 0.15) is 70.4 Å². The summed E-state index contributed by atoms with van der Waals surface area (Å²) in [6.45, 7) is 7.17. The van der Waals surface area contributed by atoms with Gasteiger partial charge in [-0.25, -0.2) is 0 Å². The molecule has 120 valence electrons. The molecule has 1 aromatic heterocycles. The summed E-state index contributed by atoms with van der Waals surface area (Å²) in [5, 5.41) is 0. The number of aldehydes is 1. The van der Waals surface area contributed by atoms with Crippen molar-refractivity contribution in [1.29, 1.82) is 0 Å². The second kappa shape index (κ2) is 4.49. The summed E-state index contributed by atoms with van der Waals surface area (Å²) in [5.74, 6) is 1.24. The number of hydrogen-bond donors (Lipinski definition) is 0. The molecule has 22 heavy (non-hydrogen) atoms. The van der Waals surface area contributed by atoms with E-state index in [0.717, 1.165) is 12.8 Å². The van der Waals surface area contributed by atoms with E-state index in [1.165, 1.54) is 49.5 Å². The smallest absolute Gasteiger partial charge is 0.126 e. The Kier molecular flexibility index (Phi) is 2.97. The SMILES string of the molecule is C[C@]12CCC[C@](C)(C=O)[C@@H]1CC[C@@]1(C)c3cocc3CC[C@H]21. The van der Waals surface area contributed by atoms with Gasteiger partial charge in [-0.2, -0.15) is 0 Å². The molecule has 4 rings (SSSR count). The first-order valence-electron chi connectivity index (χ1n) is 8.96. The normalized spacial score (nSPS) is 47.2. The fraction of sp³-hybridized carbons (Fsp3) is 0.750. The summed E-state index contributed by atoms with van der Waals surface area (Å²) < 4.78 is 5.56. The van der Waals surface area contributed by atoms with E-state index in [1.807, 2.05) is 12.5 Å². The van der Waals surface area contributed by atoms with Gasteiger partial charge in [0, 0.05) is 5.41 Å². The molecular weight excluding hydrogens is 272 g/mol. The molecule has 3 aliphatic carbocycles. The van der Waals surface area contributed by atoms with Gasteiger partial charge in [-0.3, -0.25) is 0 Å². The highest BCUT2D eigenvalue weighted by Crippen LogP contribution is 2.66. The minimum Gasteiger partial charge on any atom is -0.472 e. The Labute approximate surface area is 133 Å². The van der Waals surface area contributed by atoms with Gasteiger partial charge >= 0.3 is 0 Å². The Balaban J connectivity index is 1.80. The average molecular weight is 300 g/mol. The van der Waals surface area contributed by atoms with Crippen molar-refractivity contribution in [3.8, 4) is 0 Å². The van der Waals surface area contributed by atoms with Crippen LogP contribution in [0.3, 0.4) is 0 Å². The minimum absolute atomic E-state index is 0.106. The molecule has 3 aliphatic rings. The number of furan rings is 1. The summed E-state index contributed by atoms with van der Waals surface area (Å²) in [5.41, 5.74) is 3.32. The predicted octanol–water partition coefficient (Wildman–Crippen LogP) is 4.91. The van der Waals surface area contributed by atoms with Gasteiger partial charge < -0.3 is 9.21 Å². The van der Waals surface area contributed by atoms with Crippen molar-refractivity contribution in [2.24, 2.45) is 22.7 Å². The maximum Gasteiger partial charge on any atom is 0.126 e. The number of carbonyl (C=O) groups is 1. The Morgan fingerprint density at radius 3 is 2.68 bits per heavy atom. The third-order valence-electron chi connectivity index (χ3n) is 7.87. The fourth-order valence-corrected chi connectivity index (χ4v) is 6.80. The van der Waals surface area contributed by atoms with E-state index in [2.05, 4.69) is 20.8 Å². The molecule has 0 spiro atoms. The minimum atomic E-state index is -0.106. The van der Waals surface area contributed by atoms with Crippen LogP contribution in [0.5, 0.6) is 0 Å². The second-order valence-corrected chi connectivity index (χ2v) is 8.89. The first-order chi connectivity index (χ1) is 10.4. The predicted molar refractivity (Wildman–Crippen MR) is 86.7 cm³/mol. The van der Waals surface area contributed by atoms with Crippen LogP contribution in [0.15, 0.2) is 16.9 Å². The molecule has 0 bridgehead atoms. The van der Waals surface area contributed by atoms with Crippen LogP contribution < -0.4 is 0 Å². The lowest BCUT2D eigenvalue weighted by atomic mass is 9.41. The van der Waals surface area contributed by atoms with Crippen molar-refractivity contribution in [2.45, 2.75) is 71.1 Å². The highest BCUT2D eigenvalue weighted by Gasteiger charge is 2.60. The summed E-state index contributed by atoms with van der Waals surface area (Å²) in [6.07, 6.45) is 13.6. The zero-order valence-electron chi connectivity index (χ0n) is 14.2. The molecule has 0 N–H and O–H groups in total. The van der Waals surface area contributed by atoms with Crippen molar-refractivity contribution in [3.63, 3.8) is 0 Å². The van der Waals surface area contributed by atoms with Gasteiger partial charge in [0.2, 0.25) is 0 Å². The lowest BCUT2D eigenvalue weighted by Crippen LogP contribution is -2.58. The molecular formula is C20H28O2. The molecule has 0 amide bonds. The largest absolute Gasteiger partial charge is 0.472 e. The van der Waals surface area contributed by atoms with Crippen molar-refractivity contribution in [2.75, 3.05) is 0 Å². The standard InChI is InChI=1S/C20H28O2/c1-18(13-21)8-4-9-20(3)16(18)7-10-19(2)15-12-22-11-14(15)5-6-17(19)20/h11-13,16-17H,4-10H2,1-3H3/t16-,17-,18+,19-,20-/m0/s1. The van der Waals surface area contributed by atoms with E-state index in [-0.39, 0.29) is 10.8 Å². The number of aryl methyl sites for hydroxylation is 1. The van der Waals surface area contributed by atoms with E-state index in [0.29, 0.717) is 17.3 Å². The molecule has 2 nitrogen and oxygen atoms in total. The first-order valence-corrected chi connectivity index (χ1v) is 8.96. The maximum atomic E-state index is 11.9. The summed E-state index contributed by atoms with van der Waals surface area (Å²) in [4.78, 5) is 11.9. The molecule has 2 saturated carbocycles. The van der Waals surface area contributed by atoms with Gasteiger partial charge in [-0.15, -0.1) is 0 Å². The quantitative estimate of drug-likeness (QED) is 0.690. The van der Waals surface area contributed by atoms with Crippen LogP contribution in [0.4, 0.5) is 0 Å². The third kappa shape index (κ3) is 1.64. The zero-order chi connectivity index (χ0) is 15.6. The fourth-order valence-electron chi connectivity index (χ4n) is 6.80. The highest BCUT2D eigenvalue weighted by molar-refractivity contribution is 5.60. The molecule has 2 fully saturated rings. The first kappa shape index (κ1) is 14.5. The molecule has 0 aliphatic heterocycles. The van der Waals surface area contributed by atoms with Crippen LogP contribution in [0, 0.1) is 22.7 Å². The van der Waals surface area contributed by atoms with Crippen LogP contribution in [0.2, 0.25) is 0 Å². The number of rotatable bonds is 1. The molecule has 1 aromatic rings. The van der Waals surface area contributed by atoms with Gasteiger partial charge in [0.25, 0.3) is 0 Å². The van der Waals surface area contributed by atoms with Crippen LogP contribution in [-0.2, 0) is 16.6 Å². The maximum absolute atomic E-state index is 11.9. The molecule has 0 unspecified atom stereocenters. The molecule has 1 heterocycles. The zero-order valence-corrected chi connectivity index (χ0v) is 14.2. The molecule has 0 aromatic carbocycles. The van der Waals surface area contributed by atoms with Gasteiger partial charge in [-0.05, 0) is 72.3 Å². The van der Waals surface area contributed by atoms with Crippen molar-refractivity contribution < 1.29 is 9.21 Å². The molecule has 5 atom stereocenters. The van der Waals surface area contributed by atoms with E-state index in [9.17, 15) is 4.79 Å². The van der Waals surface area contributed by atoms with Gasteiger partial charge in [0.1, 0.15) is 6.29 Å². The Morgan fingerprint density at radius 1 is 1.09 bits per heavy atom. The summed E-state index contributed by atoms with van der Waals surface area (Å²) >= 11 is 0. The lowest BCUT2D eigenvalue weighted by Gasteiger charge is -2.63. The van der Waals surface area contributed by atoms with Gasteiger partial charge in [-0.1, -0.05) is 27.2 Å². The molecule has 0 radical (unpaired) electrons. The number of fused-ring (bicyclic) bond motifs is 5. The van der Waals surface area contributed by atoms with Crippen molar-refractivity contribution >= 4 is 6.29 Å². The van der Waals surface area contributed by atoms with Crippen molar-refractivity contribution in [3.05, 3.63) is 23.7 Å². The van der Waals surface area contributed by atoms with Crippen LogP contribution in [-0.4, -0.2) is 6.29 Å². The van der Waals surface area contributed by atoms with Gasteiger partial charge in [0.15, 0.2) is 0 Å². The van der Waals surface area contributed by atoms with E-state index in [4.69, 9.17) is 4.42 Å². The average Bonchev–Trinajstić information content (AvgIpc) is 2.96. The number of hydrogen-bond acceptors (Lipinski definition) is 2. The number of carbonyl (C=O) groups excluding carboxylic acids is 1. The van der Waals surface area contributed by atoms with E-state index in [1.54, 1.807) is 0 Å². The van der Waals surface area contributed by atoms with E-state index >= 15 is 0 Å². The van der Waals surface area contributed by atoms with Crippen LogP contribution in [0.25, 0.3) is 0 Å². The Hall–Kier alpha value is -1.05. The summed E-state index contributed by atoms with van der Waals surface area (Å²) in [6, 6.07) is 0. The highest BCUT2D eigenvalue weighted by atomic mass is 16.3. The van der Waals surface area contributed by atoms with Crippen LogP contribution >= 0.6 is 0 Å². The summed E-state index contributed by atoms with van der Waals surface area (Å²) in [7, 11) is 0. The lowest BCUT2D eigenvalue weighted by molar-refractivity contribution is -0.142. The third-order valence-corrected chi connectivity index (χ3v) is 7.87. The second-order valence-electron chi connectivity index (χ2n) is 8.89. The van der Waals surface area contributed by atoms with Gasteiger partial charge in [0.05, 0.1) is 12.5 Å². The molecule has 0 saturated heterocycles. The molecule has 2 heteroatoms. The van der Waals surface area contributed by atoms with Crippen molar-refractivity contribution in [1.82, 2.24) is 0 Å². The monoisotopic (exact) mass is 300 g/mol. The Bertz CT molecular complexity index is 603. The Morgan fingerprint density at radius 2 is 1.91 bits per heavy atom.